The van der Waals surface area contributed by atoms with Crippen LogP contribution in [-0.2, 0) is 24.2 Å². The molecule has 0 amide bonds. The van der Waals surface area contributed by atoms with Crippen molar-refractivity contribution in [3.8, 4) is 0 Å². The average molecular weight is 390 g/mol. The van der Waals surface area contributed by atoms with Gasteiger partial charge in [0.2, 0.25) is 0 Å². The van der Waals surface area contributed by atoms with Crippen LogP contribution in [0.1, 0.15) is 33.5 Å². The molecule has 0 spiro atoms. The molecule has 26 heavy (non-hydrogen) atoms. The summed E-state index contributed by atoms with van der Waals surface area (Å²) in [4.78, 5) is 27.9. The predicted molar refractivity (Wildman–Crippen MR) is 97.9 cm³/mol. The zero-order valence-electron chi connectivity index (χ0n) is 13.6. The van der Waals surface area contributed by atoms with Crippen molar-refractivity contribution in [2.45, 2.75) is 25.9 Å². The largest absolute Gasteiger partial charge is 0.457 e. The summed E-state index contributed by atoms with van der Waals surface area (Å²) in [6.07, 6.45) is 4.36. The molecule has 0 atom stereocenters. The minimum Gasteiger partial charge on any atom is -0.457 e. The van der Waals surface area contributed by atoms with Crippen LogP contribution in [0.25, 0.3) is 11.0 Å². The van der Waals surface area contributed by atoms with Gasteiger partial charge in [0.05, 0.1) is 10.6 Å². The molecule has 7 heteroatoms. The molecule has 0 bridgehead atoms. The molecule has 3 aromatic rings. The Bertz CT molecular complexity index is 1090. The lowest BCUT2D eigenvalue weighted by molar-refractivity contribution is 0.0473. The summed E-state index contributed by atoms with van der Waals surface area (Å²) in [7, 11) is 0. The van der Waals surface area contributed by atoms with E-state index in [9.17, 15) is 9.59 Å². The number of rotatable bonds is 3. The highest BCUT2D eigenvalue weighted by Crippen LogP contribution is 2.29. The Morgan fingerprint density at radius 1 is 1.15 bits per heavy atom. The van der Waals surface area contributed by atoms with Crippen molar-refractivity contribution in [1.82, 2.24) is 4.98 Å². The number of pyridine rings is 1. The van der Waals surface area contributed by atoms with Gasteiger partial charge in [-0.15, -0.1) is 0 Å². The average Bonchev–Trinajstić information content (AvgIpc) is 3.07. The van der Waals surface area contributed by atoms with Crippen molar-refractivity contribution in [3.05, 3.63) is 73.3 Å². The van der Waals surface area contributed by atoms with Gasteiger partial charge in [-0.25, -0.2) is 14.6 Å². The number of benzene rings is 1. The Hall–Kier alpha value is -2.37. The lowest BCUT2D eigenvalue weighted by Gasteiger charge is -2.09. The van der Waals surface area contributed by atoms with Crippen molar-refractivity contribution >= 4 is 40.1 Å². The van der Waals surface area contributed by atoms with E-state index in [1.807, 2.05) is 12.1 Å². The maximum Gasteiger partial charge on any atom is 0.340 e. The molecule has 1 aliphatic carbocycles. The molecule has 2 heterocycles. The zero-order chi connectivity index (χ0) is 18.3. The summed E-state index contributed by atoms with van der Waals surface area (Å²) in [5, 5.41) is 1.07. The van der Waals surface area contributed by atoms with E-state index in [2.05, 4.69) is 4.98 Å². The van der Waals surface area contributed by atoms with Gasteiger partial charge in [0, 0.05) is 23.2 Å². The normalized spacial score (nSPS) is 13.0. The van der Waals surface area contributed by atoms with Gasteiger partial charge >= 0.3 is 11.6 Å². The van der Waals surface area contributed by atoms with Gasteiger partial charge in [0.1, 0.15) is 17.3 Å². The summed E-state index contributed by atoms with van der Waals surface area (Å²) in [6.45, 7) is -0.0556. The first-order chi connectivity index (χ1) is 12.5. The summed E-state index contributed by atoms with van der Waals surface area (Å²) in [5.41, 5.74) is 3.28. The van der Waals surface area contributed by atoms with E-state index >= 15 is 0 Å². The number of esters is 1. The summed E-state index contributed by atoms with van der Waals surface area (Å²) < 4.78 is 10.6. The van der Waals surface area contributed by atoms with Gasteiger partial charge in [-0.1, -0.05) is 23.2 Å². The highest BCUT2D eigenvalue weighted by atomic mass is 35.5. The number of carbonyl (C=O) groups is 1. The number of nitrogens with zero attached hydrogens (tertiary/aromatic N) is 1. The molecule has 0 fully saturated rings. The molecule has 1 aromatic carbocycles. The third kappa shape index (κ3) is 3.20. The fourth-order valence-electron chi connectivity index (χ4n) is 3.17. The Morgan fingerprint density at radius 3 is 2.69 bits per heavy atom. The molecule has 5 nitrogen and oxygen atoms in total. The van der Waals surface area contributed by atoms with Gasteiger partial charge in [-0.05, 0) is 48.6 Å². The number of aryl methyl sites for hydroxylation is 2. The van der Waals surface area contributed by atoms with E-state index in [4.69, 9.17) is 32.4 Å². The van der Waals surface area contributed by atoms with E-state index in [1.165, 1.54) is 29.5 Å². The molecule has 4 rings (SSSR count). The molecule has 0 saturated heterocycles. The van der Waals surface area contributed by atoms with Gasteiger partial charge in [0.25, 0.3) is 0 Å². The van der Waals surface area contributed by atoms with Crippen molar-refractivity contribution < 1.29 is 13.9 Å². The maximum absolute atomic E-state index is 12.2. The second-order valence-electron chi connectivity index (χ2n) is 6.13. The topological polar surface area (TPSA) is 69.4 Å². The lowest BCUT2D eigenvalue weighted by atomic mass is 10.0. The summed E-state index contributed by atoms with van der Waals surface area (Å²) >= 11 is 11.6. The third-order valence-corrected chi connectivity index (χ3v) is 5.12. The Kier molecular flexibility index (Phi) is 4.42. The highest BCUT2D eigenvalue weighted by Gasteiger charge is 2.17. The molecule has 1 aliphatic rings. The van der Waals surface area contributed by atoms with E-state index in [0.29, 0.717) is 11.1 Å². The molecule has 2 aromatic heterocycles. The standard InChI is InChI=1S/C19H13Cl2NO4/c20-15-5-12(8-22-18(15)21)19(24)25-9-13-7-17(23)26-16-6-11-3-1-2-10(11)4-14(13)16/h4-8H,1-3,9H2. The number of hydrogen-bond acceptors (Lipinski definition) is 5. The molecular weight excluding hydrogens is 377 g/mol. The first kappa shape index (κ1) is 17.1. The summed E-state index contributed by atoms with van der Waals surface area (Å²) in [5.74, 6) is -0.599. The molecule has 132 valence electrons. The Morgan fingerprint density at radius 2 is 1.92 bits per heavy atom. The molecular formula is C19H13Cl2NO4. The van der Waals surface area contributed by atoms with Crippen LogP contribution in [0.3, 0.4) is 0 Å². The minimum absolute atomic E-state index is 0.0556. The molecule has 0 radical (unpaired) electrons. The summed E-state index contributed by atoms with van der Waals surface area (Å²) in [6, 6.07) is 6.67. The predicted octanol–water partition coefficient (Wildman–Crippen LogP) is 4.34. The quantitative estimate of drug-likeness (QED) is 0.378. The monoisotopic (exact) mass is 389 g/mol. The van der Waals surface area contributed by atoms with Crippen LogP contribution in [0.15, 0.2) is 39.7 Å². The number of ether oxygens (including phenoxy) is 1. The van der Waals surface area contributed by atoms with Crippen molar-refractivity contribution in [1.29, 1.82) is 0 Å². The minimum atomic E-state index is -0.599. The van der Waals surface area contributed by atoms with Crippen LogP contribution in [0, 0.1) is 0 Å². The molecule has 0 aliphatic heterocycles. The fourth-order valence-corrected chi connectivity index (χ4v) is 3.44. The van der Waals surface area contributed by atoms with Crippen LogP contribution in [0.5, 0.6) is 0 Å². The highest BCUT2D eigenvalue weighted by molar-refractivity contribution is 6.41. The molecule has 0 N–H and O–H groups in total. The number of hydrogen-bond donors (Lipinski definition) is 0. The second kappa shape index (κ2) is 6.74. The number of aromatic nitrogens is 1. The van der Waals surface area contributed by atoms with Gasteiger partial charge in [-0.3, -0.25) is 0 Å². The van der Waals surface area contributed by atoms with Gasteiger partial charge in [0.15, 0.2) is 0 Å². The fraction of sp³-hybridized carbons (Fsp3) is 0.211. The van der Waals surface area contributed by atoms with E-state index in [0.717, 1.165) is 24.6 Å². The first-order valence-electron chi connectivity index (χ1n) is 8.08. The van der Waals surface area contributed by atoms with E-state index in [-0.39, 0.29) is 22.3 Å². The van der Waals surface area contributed by atoms with Crippen molar-refractivity contribution in [3.63, 3.8) is 0 Å². The Balaban J connectivity index is 1.63. The van der Waals surface area contributed by atoms with Crippen LogP contribution >= 0.6 is 23.2 Å². The van der Waals surface area contributed by atoms with E-state index in [1.54, 1.807) is 0 Å². The van der Waals surface area contributed by atoms with Gasteiger partial charge < -0.3 is 9.15 Å². The number of carbonyl (C=O) groups excluding carboxylic acids is 1. The van der Waals surface area contributed by atoms with Crippen LogP contribution in [0.4, 0.5) is 0 Å². The lowest BCUT2D eigenvalue weighted by Crippen LogP contribution is -2.08. The SMILES string of the molecule is O=C(OCc1cc(=O)oc2cc3c(cc12)CCC3)c1cnc(Cl)c(Cl)c1. The van der Waals surface area contributed by atoms with Crippen molar-refractivity contribution in [2.75, 3.05) is 0 Å². The molecule has 0 saturated carbocycles. The van der Waals surface area contributed by atoms with Gasteiger partial charge in [-0.2, -0.15) is 0 Å². The Labute approximate surface area is 158 Å². The van der Waals surface area contributed by atoms with Crippen LogP contribution in [-0.4, -0.2) is 11.0 Å². The van der Waals surface area contributed by atoms with Crippen LogP contribution in [0.2, 0.25) is 10.2 Å². The number of halogens is 2. The molecule has 0 unspecified atom stereocenters. The number of fused-ring (bicyclic) bond motifs is 2. The first-order valence-corrected chi connectivity index (χ1v) is 8.83. The van der Waals surface area contributed by atoms with Crippen LogP contribution < -0.4 is 5.63 Å². The smallest absolute Gasteiger partial charge is 0.340 e. The zero-order valence-corrected chi connectivity index (χ0v) is 15.1. The third-order valence-electron chi connectivity index (χ3n) is 4.43. The van der Waals surface area contributed by atoms with E-state index < -0.39 is 11.6 Å². The van der Waals surface area contributed by atoms with Crippen molar-refractivity contribution in [2.24, 2.45) is 0 Å². The maximum atomic E-state index is 12.2. The second-order valence-corrected chi connectivity index (χ2v) is 6.90.